The minimum Gasteiger partial charge on any atom is -0.508 e. The molecule has 0 bridgehead atoms. The van der Waals surface area contributed by atoms with Crippen LogP contribution in [0.3, 0.4) is 0 Å². The van der Waals surface area contributed by atoms with E-state index < -0.39 is 18.5 Å². The van der Waals surface area contributed by atoms with Crippen LogP contribution in [0, 0.1) is 0 Å². The second-order valence-electron chi connectivity index (χ2n) is 10.1. The average molecular weight is 602 g/mol. The quantitative estimate of drug-likeness (QED) is 0.108. The van der Waals surface area contributed by atoms with Crippen molar-refractivity contribution in [2.45, 2.75) is 76.8 Å². The van der Waals surface area contributed by atoms with Gasteiger partial charge in [-0.3, -0.25) is 4.79 Å². The number of alkyl halides is 5. The molecule has 0 aromatic heterocycles. The summed E-state index contributed by atoms with van der Waals surface area (Å²) in [5.74, 6) is -3.42. The van der Waals surface area contributed by atoms with Crippen molar-refractivity contribution < 1.29 is 37.0 Å². The summed E-state index contributed by atoms with van der Waals surface area (Å²) in [6, 6.07) is 14.3. The summed E-state index contributed by atoms with van der Waals surface area (Å²) in [6.45, 7) is 2.59. The van der Waals surface area contributed by atoms with Crippen LogP contribution in [0.25, 0.3) is 11.1 Å². The molecule has 0 saturated heterocycles. The Morgan fingerprint density at radius 3 is 1.80 bits per heavy atom. The van der Waals surface area contributed by atoms with E-state index in [0.717, 1.165) is 43.2 Å². The number of carbonyl (C=O) groups is 1. The van der Waals surface area contributed by atoms with Gasteiger partial charge in [0.1, 0.15) is 11.5 Å². The number of hydrogen-bond donors (Lipinski definition) is 2. The minimum absolute atomic E-state index is 0.0208. The molecule has 0 heterocycles. The fraction of sp³-hybridized carbons (Fsp3) is 0.516. The van der Waals surface area contributed by atoms with Crippen molar-refractivity contribution in [2.24, 2.45) is 0 Å². The molecule has 2 rings (SSSR count). The number of unbranched alkanes of at least 4 members (excludes halogenated alkanes) is 2. The molecule has 0 fully saturated rings. The van der Waals surface area contributed by atoms with Crippen LogP contribution in [-0.2, 0) is 4.79 Å². The summed E-state index contributed by atoms with van der Waals surface area (Å²) < 4.78 is 62.4. The highest BCUT2D eigenvalue weighted by molar-refractivity contribution is 7.99. The number of nitrogens with zero attached hydrogens (tertiary/aromatic N) is 1. The molecule has 2 aromatic rings. The molecule has 1 amide bonds. The van der Waals surface area contributed by atoms with Crippen molar-refractivity contribution in [1.29, 1.82) is 0 Å². The molecule has 0 unspecified atom stereocenters. The second kappa shape index (κ2) is 16.6. The summed E-state index contributed by atoms with van der Waals surface area (Å²) in [6.07, 6.45) is -1.82. The van der Waals surface area contributed by atoms with E-state index in [1.165, 1.54) is 22.9 Å². The lowest BCUT2D eigenvalue weighted by Gasteiger charge is -2.19. The van der Waals surface area contributed by atoms with E-state index in [2.05, 4.69) is 6.92 Å². The molecule has 0 aliphatic rings. The maximum atomic E-state index is 12.9. The molecule has 10 heteroatoms. The molecule has 228 valence electrons. The van der Waals surface area contributed by atoms with Gasteiger partial charge in [-0.2, -0.15) is 33.7 Å². The number of hydrogen-bond acceptors (Lipinski definition) is 4. The number of carbonyl (C=O) groups excluding carboxylic acids is 1. The number of halogens is 5. The Morgan fingerprint density at radius 1 is 0.756 bits per heavy atom. The van der Waals surface area contributed by atoms with Gasteiger partial charge in [0.2, 0.25) is 5.91 Å². The first-order valence-corrected chi connectivity index (χ1v) is 15.1. The summed E-state index contributed by atoms with van der Waals surface area (Å²) >= 11 is 1.32. The van der Waals surface area contributed by atoms with Crippen LogP contribution in [0.1, 0.15) is 75.8 Å². The number of allylic oxidation sites excluding steroid dienone is 2. The smallest absolute Gasteiger partial charge is 0.453 e. The van der Waals surface area contributed by atoms with Crippen molar-refractivity contribution in [2.75, 3.05) is 25.1 Å². The average Bonchev–Trinajstić information content (AvgIpc) is 2.92. The van der Waals surface area contributed by atoms with E-state index in [1.54, 1.807) is 36.2 Å². The van der Waals surface area contributed by atoms with Crippen molar-refractivity contribution in [3.8, 4) is 11.5 Å². The second-order valence-corrected chi connectivity index (χ2v) is 11.3. The van der Waals surface area contributed by atoms with Gasteiger partial charge in [0, 0.05) is 26.4 Å². The monoisotopic (exact) mass is 601 g/mol. The normalized spacial score (nSPS) is 12.8. The first-order valence-electron chi connectivity index (χ1n) is 13.9. The molecule has 0 saturated carbocycles. The highest BCUT2D eigenvalue weighted by Gasteiger charge is 2.56. The van der Waals surface area contributed by atoms with Gasteiger partial charge in [0.25, 0.3) is 0 Å². The van der Waals surface area contributed by atoms with Crippen LogP contribution in [0.2, 0.25) is 0 Å². The molecule has 2 aromatic carbocycles. The largest absolute Gasteiger partial charge is 0.508 e. The number of benzene rings is 2. The van der Waals surface area contributed by atoms with Gasteiger partial charge in [0.05, 0.1) is 0 Å². The number of phenolic OH excluding ortho intramolecular Hbond substituents is 2. The van der Waals surface area contributed by atoms with E-state index in [-0.39, 0.29) is 29.6 Å². The molecule has 41 heavy (non-hydrogen) atoms. The number of phenols is 2. The van der Waals surface area contributed by atoms with Gasteiger partial charge in [-0.05, 0) is 96.6 Å². The van der Waals surface area contributed by atoms with E-state index in [0.29, 0.717) is 25.1 Å². The fourth-order valence-electron chi connectivity index (χ4n) is 4.50. The van der Waals surface area contributed by atoms with Crippen molar-refractivity contribution in [3.05, 3.63) is 59.7 Å². The Kier molecular flexibility index (Phi) is 14.0. The van der Waals surface area contributed by atoms with E-state index >= 15 is 0 Å². The zero-order valence-electron chi connectivity index (χ0n) is 23.7. The zero-order valence-corrected chi connectivity index (χ0v) is 24.5. The van der Waals surface area contributed by atoms with Gasteiger partial charge < -0.3 is 15.1 Å². The molecular formula is C31H40F5NO3S. The van der Waals surface area contributed by atoms with E-state index in [4.69, 9.17) is 0 Å². The van der Waals surface area contributed by atoms with Crippen LogP contribution in [-0.4, -0.2) is 58.2 Å². The highest BCUT2D eigenvalue weighted by atomic mass is 32.2. The summed E-state index contributed by atoms with van der Waals surface area (Å²) in [5, 5.41) is 19.4. The van der Waals surface area contributed by atoms with Crippen LogP contribution < -0.4 is 0 Å². The lowest BCUT2D eigenvalue weighted by molar-refractivity contribution is -0.284. The van der Waals surface area contributed by atoms with Gasteiger partial charge in [-0.1, -0.05) is 37.6 Å². The SMILES string of the molecule is CC/C(=C(/CCCCCC(=O)N(C)CCCSCCCC(F)(F)C(F)(F)F)c1ccc(O)cc1)c1ccc(O)cc1. The van der Waals surface area contributed by atoms with Crippen molar-refractivity contribution in [3.63, 3.8) is 0 Å². The molecule has 0 aliphatic carbocycles. The summed E-state index contributed by atoms with van der Waals surface area (Å²) in [7, 11) is 1.72. The Hall–Kier alpha value is -2.75. The summed E-state index contributed by atoms with van der Waals surface area (Å²) in [5.41, 5.74) is 4.39. The molecule has 2 N–H and O–H groups in total. The maximum Gasteiger partial charge on any atom is 0.453 e. The van der Waals surface area contributed by atoms with E-state index in [1.807, 2.05) is 24.3 Å². The van der Waals surface area contributed by atoms with Gasteiger partial charge in [-0.15, -0.1) is 0 Å². The Morgan fingerprint density at radius 2 is 1.27 bits per heavy atom. The van der Waals surface area contributed by atoms with Gasteiger partial charge in [-0.25, -0.2) is 0 Å². The topological polar surface area (TPSA) is 60.8 Å². The highest BCUT2D eigenvalue weighted by Crippen LogP contribution is 2.39. The first kappa shape index (κ1) is 34.5. The lowest BCUT2D eigenvalue weighted by Crippen LogP contribution is -2.36. The molecular weight excluding hydrogens is 561 g/mol. The first-order chi connectivity index (χ1) is 19.4. The summed E-state index contributed by atoms with van der Waals surface area (Å²) in [4.78, 5) is 14.1. The lowest BCUT2D eigenvalue weighted by atomic mass is 9.89. The Bertz CT molecular complexity index is 1100. The minimum atomic E-state index is -5.50. The third-order valence-electron chi connectivity index (χ3n) is 6.87. The molecule has 4 nitrogen and oxygen atoms in total. The molecule has 0 radical (unpaired) electrons. The van der Waals surface area contributed by atoms with Crippen LogP contribution in [0.4, 0.5) is 22.0 Å². The van der Waals surface area contributed by atoms with Crippen LogP contribution >= 0.6 is 11.8 Å². The van der Waals surface area contributed by atoms with Crippen molar-refractivity contribution >= 4 is 28.8 Å². The maximum absolute atomic E-state index is 12.9. The predicted octanol–water partition coefficient (Wildman–Crippen LogP) is 8.93. The van der Waals surface area contributed by atoms with Crippen molar-refractivity contribution in [1.82, 2.24) is 4.90 Å². The van der Waals surface area contributed by atoms with E-state index in [9.17, 15) is 37.0 Å². The number of thioether (sulfide) groups is 1. The number of aromatic hydroxyl groups is 2. The zero-order chi connectivity index (χ0) is 30.5. The Labute approximate surface area is 243 Å². The number of amides is 1. The third kappa shape index (κ3) is 11.6. The molecule has 0 spiro atoms. The third-order valence-corrected chi connectivity index (χ3v) is 8.02. The van der Waals surface area contributed by atoms with Crippen LogP contribution in [0.5, 0.6) is 11.5 Å². The predicted molar refractivity (Wildman–Crippen MR) is 156 cm³/mol. The van der Waals surface area contributed by atoms with Crippen LogP contribution in [0.15, 0.2) is 48.5 Å². The molecule has 0 atom stereocenters. The van der Waals surface area contributed by atoms with Gasteiger partial charge >= 0.3 is 12.1 Å². The number of rotatable bonds is 17. The fourth-order valence-corrected chi connectivity index (χ4v) is 5.39. The standard InChI is InChI=1S/C31H40F5NO3S/c1-3-27(23-11-15-25(38)16-12-23)28(24-13-17-26(39)18-14-24)9-5-4-6-10-29(40)37(2)20-8-22-41-21-7-19-30(32,33)31(34,35)36/h11-18,38-39H,3-10,19-22H2,1-2H3/b28-27+. The van der Waals surface area contributed by atoms with Gasteiger partial charge in [0.15, 0.2) is 0 Å². The molecule has 0 aliphatic heterocycles. The Balaban J connectivity index is 1.76.